The van der Waals surface area contributed by atoms with Crippen LogP contribution in [-0.2, 0) is 9.59 Å². The van der Waals surface area contributed by atoms with Crippen LogP contribution in [0.15, 0.2) is 24.3 Å². The maximum atomic E-state index is 11.4. The summed E-state index contributed by atoms with van der Waals surface area (Å²) in [5.41, 5.74) is 0.587. The lowest BCUT2D eigenvalue weighted by Gasteiger charge is -2.08. The lowest BCUT2D eigenvalue weighted by Crippen LogP contribution is -2.14. The minimum Gasteiger partial charge on any atom is -0.493 e. The minimum atomic E-state index is -0.339. The molecule has 0 saturated heterocycles. The Kier molecular flexibility index (Phi) is 6.10. The van der Waals surface area contributed by atoms with Crippen LogP contribution in [0.25, 0.3) is 0 Å². The van der Waals surface area contributed by atoms with E-state index in [1.54, 1.807) is 24.3 Å². The van der Waals surface area contributed by atoms with Gasteiger partial charge in [-0.3, -0.25) is 9.59 Å². The van der Waals surface area contributed by atoms with Gasteiger partial charge < -0.3 is 10.1 Å². The normalized spacial score (nSPS) is 9.47. The molecule has 0 saturated carbocycles. The second-order valence-electron chi connectivity index (χ2n) is 4.06. The van der Waals surface area contributed by atoms with Gasteiger partial charge in [0.15, 0.2) is 0 Å². The van der Waals surface area contributed by atoms with E-state index in [0.717, 1.165) is 0 Å². The van der Waals surface area contributed by atoms with Crippen LogP contribution in [0.5, 0.6) is 5.75 Å². The van der Waals surface area contributed by atoms with E-state index >= 15 is 0 Å². The number of nitrogens with zero attached hydrogens (tertiary/aromatic N) is 1. The van der Waals surface area contributed by atoms with Gasteiger partial charge in [0.2, 0.25) is 5.91 Å². The van der Waals surface area contributed by atoms with Crippen molar-refractivity contribution in [1.82, 2.24) is 0 Å². The average Bonchev–Trinajstić information content (AvgIpc) is 2.34. The Morgan fingerprint density at radius 1 is 1.42 bits per heavy atom. The fraction of sp³-hybridized carbons (Fsp3) is 0.357. The first kappa shape index (κ1) is 14.7. The van der Waals surface area contributed by atoms with Crippen molar-refractivity contribution in [2.24, 2.45) is 0 Å². The van der Waals surface area contributed by atoms with Crippen LogP contribution >= 0.6 is 0 Å². The van der Waals surface area contributed by atoms with Gasteiger partial charge >= 0.3 is 0 Å². The third-order valence-electron chi connectivity index (χ3n) is 2.23. The highest BCUT2D eigenvalue weighted by atomic mass is 16.5. The monoisotopic (exact) mass is 260 g/mol. The van der Waals surface area contributed by atoms with Gasteiger partial charge in [0.25, 0.3) is 0 Å². The Balaban J connectivity index is 2.50. The van der Waals surface area contributed by atoms with Crippen molar-refractivity contribution in [2.45, 2.75) is 26.2 Å². The Morgan fingerprint density at radius 2 is 2.21 bits per heavy atom. The Labute approximate surface area is 112 Å². The van der Waals surface area contributed by atoms with Gasteiger partial charge in [0.1, 0.15) is 11.5 Å². The molecule has 0 atom stereocenters. The third-order valence-corrected chi connectivity index (χ3v) is 2.23. The van der Waals surface area contributed by atoms with Crippen LogP contribution < -0.4 is 10.1 Å². The number of amides is 1. The largest absolute Gasteiger partial charge is 0.493 e. The molecule has 0 aromatic heterocycles. The Bertz CT molecular complexity index is 492. The molecule has 0 aliphatic carbocycles. The Hall–Kier alpha value is -2.35. The van der Waals surface area contributed by atoms with Crippen molar-refractivity contribution < 1.29 is 14.3 Å². The fourth-order valence-corrected chi connectivity index (χ4v) is 1.44. The van der Waals surface area contributed by atoms with E-state index in [1.807, 2.05) is 6.07 Å². The lowest BCUT2D eigenvalue weighted by atomic mass is 10.2. The molecule has 1 N–H and O–H groups in total. The van der Waals surface area contributed by atoms with Crippen molar-refractivity contribution in [3.63, 3.8) is 0 Å². The molecule has 19 heavy (non-hydrogen) atoms. The van der Waals surface area contributed by atoms with Crippen molar-refractivity contribution in [3.05, 3.63) is 24.3 Å². The van der Waals surface area contributed by atoms with Gasteiger partial charge in [0, 0.05) is 18.2 Å². The number of nitriles is 1. The van der Waals surface area contributed by atoms with Gasteiger partial charge in [-0.2, -0.15) is 5.26 Å². The maximum Gasteiger partial charge on any atom is 0.231 e. The van der Waals surface area contributed by atoms with Crippen LogP contribution in [0.3, 0.4) is 0 Å². The molecule has 5 nitrogen and oxygen atoms in total. The number of hydrogen-bond donors (Lipinski definition) is 1. The molecule has 0 spiro atoms. The van der Waals surface area contributed by atoms with Crippen LogP contribution in [0.2, 0.25) is 0 Å². The molecular formula is C14H16N2O3. The number of anilines is 1. The van der Waals surface area contributed by atoms with E-state index < -0.39 is 0 Å². The molecule has 1 aromatic carbocycles. The smallest absolute Gasteiger partial charge is 0.231 e. The SMILES string of the molecule is CC(=O)CC(=O)Nc1cccc(OCCCC#N)c1. The van der Waals surface area contributed by atoms with E-state index in [1.165, 1.54) is 6.92 Å². The molecule has 1 amide bonds. The number of ether oxygens (including phenoxy) is 1. The molecular weight excluding hydrogens is 244 g/mol. The van der Waals surface area contributed by atoms with Gasteiger partial charge in [-0.25, -0.2) is 0 Å². The quantitative estimate of drug-likeness (QED) is 0.602. The average molecular weight is 260 g/mol. The number of Topliss-reactive ketones (excluding diaryl/α,β-unsaturated/α-hetero) is 1. The highest BCUT2D eigenvalue weighted by Crippen LogP contribution is 2.17. The number of nitrogens with one attached hydrogen (secondary N) is 1. The van der Waals surface area contributed by atoms with E-state index in [2.05, 4.69) is 5.32 Å². The molecule has 1 aromatic rings. The van der Waals surface area contributed by atoms with Crippen LogP contribution in [0.1, 0.15) is 26.2 Å². The number of hydrogen-bond acceptors (Lipinski definition) is 4. The molecule has 0 bridgehead atoms. The predicted molar refractivity (Wildman–Crippen MR) is 70.7 cm³/mol. The summed E-state index contributed by atoms with van der Waals surface area (Å²) in [6, 6.07) is 8.97. The summed E-state index contributed by atoms with van der Waals surface area (Å²) in [5, 5.41) is 11.0. The maximum absolute atomic E-state index is 11.4. The van der Waals surface area contributed by atoms with Crippen LogP contribution in [-0.4, -0.2) is 18.3 Å². The number of benzene rings is 1. The van der Waals surface area contributed by atoms with Crippen molar-refractivity contribution in [2.75, 3.05) is 11.9 Å². The fourth-order valence-electron chi connectivity index (χ4n) is 1.44. The summed E-state index contributed by atoms with van der Waals surface area (Å²) in [7, 11) is 0. The number of carbonyl (C=O) groups excluding carboxylic acids is 2. The zero-order chi connectivity index (χ0) is 14.1. The first-order valence-corrected chi connectivity index (χ1v) is 6.01. The van der Waals surface area contributed by atoms with E-state index in [0.29, 0.717) is 30.9 Å². The molecule has 0 aliphatic rings. The number of ketones is 1. The van der Waals surface area contributed by atoms with Crippen LogP contribution in [0.4, 0.5) is 5.69 Å². The zero-order valence-corrected chi connectivity index (χ0v) is 10.8. The minimum absolute atomic E-state index is 0.132. The van der Waals surface area contributed by atoms with E-state index in [9.17, 15) is 9.59 Å². The molecule has 0 radical (unpaired) electrons. The zero-order valence-electron chi connectivity index (χ0n) is 10.8. The molecule has 5 heteroatoms. The summed E-state index contributed by atoms with van der Waals surface area (Å²) in [4.78, 5) is 22.2. The van der Waals surface area contributed by atoms with Gasteiger partial charge in [-0.15, -0.1) is 0 Å². The first-order valence-electron chi connectivity index (χ1n) is 6.01. The Morgan fingerprint density at radius 3 is 2.89 bits per heavy atom. The van der Waals surface area contributed by atoms with Gasteiger partial charge in [0.05, 0.1) is 19.1 Å². The van der Waals surface area contributed by atoms with E-state index in [4.69, 9.17) is 10.00 Å². The van der Waals surface area contributed by atoms with Crippen molar-refractivity contribution in [3.8, 4) is 11.8 Å². The summed E-state index contributed by atoms with van der Waals surface area (Å²) < 4.78 is 5.44. The highest BCUT2D eigenvalue weighted by molar-refractivity contribution is 6.03. The second-order valence-corrected chi connectivity index (χ2v) is 4.06. The predicted octanol–water partition coefficient (Wildman–Crippen LogP) is 2.29. The van der Waals surface area contributed by atoms with Crippen LogP contribution in [0, 0.1) is 11.3 Å². The second kappa shape index (κ2) is 7.88. The lowest BCUT2D eigenvalue weighted by molar-refractivity contribution is -0.124. The molecule has 0 heterocycles. The molecule has 0 aliphatic heterocycles. The van der Waals surface area contributed by atoms with Gasteiger partial charge in [-0.1, -0.05) is 6.07 Å². The summed E-state index contributed by atoms with van der Waals surface area (Å²) in [6.07, 6.45) is 0.986. The number of carbonyl (C=O) groups is 2. The molecule has 0 fully saturated rings. The van der Waals surface area contributed by atoms with Gasteiger partial charge in [-0.05, 0) is 25.5 Å². The molecule has 1 rings (SSSR count). The third kappa shape index (κ3) is 6.22. The van der Waals surface area contributed by atoms with Crippen molar-refractivity contribution >= 4 is 17.4 Å². The number of unbranched alkanes of at least 4 members (excludes halogenated alkanes) is 1. The van der Waals surface area contributed by atoms with Crippen molar-refractivity contribution in [1.29, 1.82) is 5.26 Å². The topological polar surface area (TPSA) is 79.2 Å². The summed E-state index contributed by atoms with van der Waals surface area (Å²) >= 11 is 0. The summed E-state index contributed by atoms with van der Waals surface area (Å²) in [6.45, 7) is 1.83. The standard InChI is InChI=1S/C14H16N2O3/c1-11(17)9-14(18)16-12-5-4-6-13(10-12)19-8-3-2-7-15/h4-6,10H,2-3,8-9H2,1H3,(H,16,18). The highest BCUT2D eigenvalue weighted by Gasteiger charge is 2.06. The number of rotatable bonds is 7. The first-order chi connectivity index (χ1) is 9.11. The summed E-state index contributed by atoms with van der Waals surface area (Å²) in [5.74, 6) is 0.106. The molecule has 0 unspecified atom stereocenters. The van der Waals surface area contributed by atoms with E-state index in [-0.39, 0.29) is 18.1 Å². The molecule has 100 valence electrons.